The second-order valence-corrected chi connectivity index (χ2v) is 0. The van der Waals surface area contributed by atoms with E-state index >= 15 is 0 Å². The van der Waals surface area contributed by atoms with E-state index in [1.165, 1.54) is 0 Å². The summed E-state index contributed by atoms with van der Waals surface area (Å²) in [6.07, 6.45) is 0. The van der Waals surface area contributed by atoms with Gasteiger partial charge in [-0.2, -0.15) is 0 Å². The average molecular weight is 1970 g/mol. The minimum absolute atomic E-state index is 0. The standard InChI is InChI=1S/6ClH.72Mg/h6*1H;;;;;;;;;;;;;;;;;;;;;;;;;;;;;;;;;;;;;;;;;;;;;;;;;;;;;;;;;;;;;;;;;;;;;;;;/q;;;;;;72*+2. The summed E-state index contributed by atoms with van der Waals surface area (Å²) in [5, 5.41) is 0. The van der Waals surface area contributed by atoms with Crippen LogP contribution in [0.3, 0.4) is 0 Å². The Hall–Kier alpha value is 56.9. The molecule has 78 heavy (non-hydrogen) atoms. The van der Waals surface area contributed by atoms with Crippen LogP contribution in [0.5, 0.6) is 0 Å². The quantitative estimate of drug-likeness (QED) is 0.212. The Morgan fingerprint density at radius 3 is 0.0256 bits per heavy atom. The molecule has 0 radical (unpaired) electrons. The summed E-state index contributed by atoms with van der Waals surface area (Å²) in [6, 6.07) is 0. The van der Waals surface area contributed by atoms with Crippen LogP contribution in [0.25, 0.3) is 0 Å². The van der Waals surface area contributed by atoms with Crippen molar-refractivity contribution in [1.82, 2.24) is 0 Å². The molecule has 0 nitrogen and oxygen atoms in total. The zero-order chi connectivity index (χ0) is 0. The molecule has 0 aliphatic rings. The molecule has 0 saturated heterocycles. The van der Waals surface area contributed by atoms with Crippen LogP contribution in [0.1, 0.15) is 0 Å². The van der Waals surface area contributed by atoms with Crippen molar-refractivity contribution in [2.24, 2.45) is 0 Å². The molecule has 0 aliphatic carbocycles. The van der Waals surface area contributed by atoms with Crippen molar-refractivity contribution >= 4 is 1730 Å². The molecule has 0 aliphatic heterocycles. The van der Waals surface area contributed by atoms with Gasteiger partial charge in [0.2, 0.25) is 0 Å². The maximum absolute atomic E-state index is 0. The molecule has 0 amide bonds. The number of halogens is 6. The van der Waals surface area contributed by atoms with Crippen LogP contribution >= 0.6 is 74.4 Å². The fourth-order valence-electron chi connectivity index (χ4n) is 0. The zero-order valence-corrected chi connectivity index (χ0v) is 160. The first-order chi connectivity index (χ1) is 0. The molecule has 0 fully saturated rings. The minimum atomic E-state index is 0. The molecule has 0 saturated carbocycles. The van der Waals surface area contributed by atoms with Crippen molar-refractivity contribution in [3.05, 3.63) is 0 Å². The normalized spacial score (nSPS) is 0. The Labute approximate surface area is 1680 Å². The van der Waals surface area contributed by atoms with Crippen LogP contribution < -0.4 is 0 Å². The van der Waals surface area contributed by atoms with Gasteiger partial charge in [0.1, 0.15) is 0 Å². The summed E-state index contributed by atoms with van der Waals surface area (Å²) in [6.45, 7) is 0. The molecule has 0 unspecified atom stereocenters. The van der Waals surface area contributed by atoms with Gasteiger partial charge in [-0.05, 0) is 0 Å². The molecule has 0 aromatic carbocycles. The van der Waals surface area contributed by atoms with Crippen molar-refractivity contribution < 1.29 is 0 Å². The van der Waals surface area contributed by atoms with Crippen LogP contribution in [0.4, 0.5) is 0 Å². The van der Waals surface area contributed by atoms with Gasteiger partial charge >= 0.3 is 1660 Å². The van der Waals surface area contributed by atoms with Gasteiger partial charge in [-0.25, -0.2) is 0 Å². The Bertz CT molecular complexity index is 30.5. The topological polar surface area (TPSA) is 0 Å². The fourth-order valence-corrected chi connectivity index (χ4v) is 0. The molecule has 0 aromatic rings. The average Bonchev–Trinajstić information content (AvgIpc) is 0. The molecule has 0 aromatic heterocycles. The third kappa shape index (κ3) is 714. The SMILES string of the molecule is Cl.Cl.Cl.Cl.Cl.Cl.[Mg+2].[Mg+2].[Mg+2].[Mg+2].[Mg+2].[Mg+2].[Mg+2].[Mg+2].[Mg+2].[Mg+2].[Mg+2].[Mg+2].[Mg+2].[Mg+2].[Mg+2].[Mg+2].[Mg+2].[Mg+2].[Mg+2].[Mg+2].[Mg+2].[Mg+2].[Mg+2].[Mg+2].[Mg+2].[Mg+2].[Mg+2].[Mg+2].[Mg+2].[Mg+2].[Mg+2].[Mg+2].[Mg+2].[Mg+2].[Mg+2].[Mg+2].[Mg+2].[Mg+2].[Mg+2].[Mg+2].[Mg+2].[Mg+2].[Mg+2].[Mg+2].[Mg+2].[Mg+2].[Mg+2].[Mg+2].[Mg+2].[Mg+2].[Mg+2].[Mg+2].[Mg+2].[Mg+2].[Mg+2].[Mg+2].[Mg+2].[Mg+2].[Mg+2].[Mg+2].[Mg+2].[Mg+2].[Mg+2].[Mg+2].[Mg+2].[Mg+2].[Mg+2].[Mg+2].[Mg+2].[Mg+2].[Mg+2].[Mg+2]. The van der Waals surface area contributed by atoms with Crippen LogP contribution in [-0.4, -0.2) is 1660 Å². The number of hydrogen-bond acceptors (Lipinski definition) is 0. The van der Waals surface area contributed by atoms with Crippen molar-refractivity contribution in [2.75, 3.05) is 0 Å². The van der Waals surface area contributed by atoms with E-state index in [2.05, 4.69) is 0 Å². The molecular weight excluding hydrogens is 1960 g/mol. The second kappa shape index (κ2) is 730. The minimum Gasteiger partial charge on any atom is -0.147 e. The molecule has 48 valence electrons. The van der Waals surface area contributed by atoms with Gasteiger partial charge in [0.15, 0.2) is 0 Å². The van der Waals surface area contributed by atoms with Crippen molar-refractivity contribution in [3.63, 3.8) is 0 Å². The van der Waals surface area contributed by atoms with E-state index in [-0.39, 0.29) is 1730 Å². The van der Waals surface area contributed by atoms with Gasteiger partial charge in [-0.3, -0.25) is 0 Å². The predicted molar refractivity (Wildman–Crippen MR) is 458 cm³/mol. The summed E-state index contributed by atoms with van der Waals surface area (Å²) in [5.41, 5.74) is 0. The van der Waals surface area contributed by atoms with Crippen LogP contribution in [0, 0.1) is 0 Å². The van der Waals surface area contributed by atoms with E-state index in [0.717, 1.165) is 0 Å². The van der Waals surface area contributed by atoms with Gasteiger partial charge in [0.25, 0.3) is 0 Å². The van der Waals surface area contributed by atoms with Gasteiger partial charge in [-0.15, -0.1) is 74.4 Å². The van der Waals surface area contributed by atoms with Crippen molar-refractivity contribution in [1.29, 1.82) is 0 Å². The van der Waals surface area contributed by atoms with E-state index in [4.69, 9.17) is 0 Å². The fraction of sp³-hybridized carbons (Fsp3) is 0. The van der Waals surface area contributed by atoms with E-state index < -0.39 is 0 Å². The third-order valence-corrected chi connectivity index (χ3v) is 0. The van der Waals surface area contributed by atoms with E-state index in [9.17, 15) is 0 Å². The first-order valence-corrected chi connectivity index (χ1v) is 0. The summed E-state index contributed by atoms with van der Waals surface area (Å²) in [7, 11) is 0. The number of rotatable bonds is 0. The van der Waals surface area contributed by atoms with Crippen LogP contribution in [-0.2, 0) is 0 Å². The molecule has 0 atom stereocenters. The number of hydrogen-bond donors (Lipinski definition) is 0. The first kappa shape index (κ1) is 747. The smallest absolute Gasteiger partial charge is 0.147 e. The van der Waals surface area contributed by atoms with Gasteiger partial charge in [0, 0.05) is 0 Å². The molecule has 0 bridgehead atoms. The van der Waals surface area contributed by atoms with Gasteiger partial charge in [0.05, 0.1) is 0 Å². The largest absolute Gasteiger partial charge is 2.00 e. The molecule has 0 heterocycles. The molecular formula is H6Cl6Mg72+144. The first-order valence-electron chi connectivity index (χ1n) is 0. The van der Waals surface area contributed by atoms with Crippen molar-refractivity contribution in [3.8, 4) is 0 Å². The van der Waals surface area contributed by atoms with E-state index in [1.807, 2.05) is 0 Å². The maximum atomic E-state index is 0. The summed E-state index contributed by atoms with van der Waals surface area (Å²) in [5.74, 6) is 0. The predicted octanol–water partition coefficient (Wildman–Crippen LogP) is -24.9. The maximum Gasteiger partial charge on any atom is 2.00 e. The molecule has 0 rings (SSSR count). The molecule has 0 N–H and O–H groups in total. The summed E-state index contributed by atoms with van der Waals surface area (Å²) in [4.78, 5) is 0. The van der Waals surface area contributed by atoms with Gasteiger partial charge < -0.3 is 0 Å². The third-order valence-electron chi connectivity index (χ3n) is 0. The zero-order valence-electron chi connectivity index (χ0n) is 53.4. The second-order valence-electron chi connectivity index (χ2n) is 0. The van der Waals surface area contributed by atoms with Crippen molar-refractivity contribution in [2.45, 2.75) is 0 Å². The van der Waals surface area contributed by atoms with Crippen LogP contribution in [0.15, 0.2) is 0 Å². The van der Waals surface area contributed by atoms with Crippen LogP contribution in [0.2, 0.25) is 0 Å². The monoisotopic (exact) mass is 1940 g/mol. The van der Waals surface area contributed by atoms with Gasteiger partial charge in [-0.1, -0.05) is 0 Å². The Morgan fingerprint density at radius 1 is 0.0256 bits per heavy atom. The van der Waals surface area contributed by atoms with E-state index in [0.29, 0.717) is 0 Å². The molecule has 0 spiro atoms. The Morgan fingerprint density at radius 2 is 0.0256 bits per heavy atom. The Balaban J connectivity index is 0. The summed E-state index contributed by atoms with van der Waals surface area (Å²) >= 11 is 0. The Kier molecular flexibility index (Phi) is 6990. The molecule has 78 heteroatoms. The summed E-state index contributed by atoms with van der Waals surface area (Å²) < 4.78 is 0. The van der Waals surface area contributed by atoms with E-state index in [1.54, 1.807) is 0 Å².